The van der Waals surface area contributed by atoms with E-state index in [0.717, 1.165) is 33.7 Å². The molecule has 1 nitrogen and oxygen atoms in total. The van der Waals surface area contributed by atoms with E-state index in [1.807, 2.05) is 0 Å². The molecule has 0 aromatic heterocycles. The van der Waals surface area contributed by atoms with Crippen molar-refractivity contribution in [2.24, 2.45) is 0 Å². The monoisotopic (exact) mass is 598 g/mol. The molecule has 10 atom stereocenters. The summed E-state index contributed by atoms with van der Waals surface area (Å²) >= 11 is 0. The second-order valence-corrected chi connectivity index (χ2v) is 45.1. The molecule has 0 bridgehead atoms. The normalized spacial score (nSPS) is 62.0. The van der Waals surface area contributed by atoms with Crippen molar-refractivity contribution in [1.82, 2.24) is 0 Å². The Hall–Kier alpha value is -1.78. The van der Waals surface area contributed by atoms with Gasteiger partial charge in [0.05, 0.1) is 0 Å². The number of hydrogen-bond donors (Lipinski definition) is 1. The van der Waals surface area contributed by atoms with Gasteiger partial charge in [-0.15, -0.1) is 0 Å². The fourth-order valence-corrected chi connectivity index (χ4v) is 131. The van der Waals surface area contributed by atoms with Crippen LogP contribution in [0, 0.1) is 0 Å². The second-order valence-electron chi connectivity index (χ2n) is 16.5. The molecule has 10 aliphatic heterocycles. The Morgan fingerprint density at radius 1 is 0.550 bits per heavy atom. The molecule has 4 aromatic carbocycles. The van der Waals surface area contributed by atoms with Gasteiger partial charge in [0.2, 0.25) is 0 Å². The van der Waals surface area contributed by atoms with Crippen LogP contribution in [0.5, 0.6) is 0 Å². The Bertz CT molecular complexity index is 2220. The molecular weight excluding hydrogens is 566 g/mol. The third-order valence-electron chi connectivity index (χ3n) is 20.3. The summed E-state index contributed by atoms with van der Waals surface area (Å²) in [5, 5.41) is 18.8. The molecule has 4 heteroatoms. The van der Waals surface area contributed by atoms with Crippen molar-refractivity contribution in [3.8, 4) is 0 Å². The van der Waals surface area contributed by atoms with Crippen LogP contribution in [0.15, 0.2) is 121 Å². The van der Waals surface area contributed by atoms with E-state index >= 15 is 0 Å². The zero-order chi connectivity index (χ0) is 26.0. The first-order chi connectivity index (χ1) is 19.4. The summed E-state index contributed by atoms with van der Waals surface area (Å²) in [6, 6.07) is 47.1. The standard InChI is InChI=1S/C19H18OP.C17H14P.Fe/c1-15(20)18-13-8-14-19(18)21(16-9-4-2-5-10-16)17-11-6-3-7-12-17;1-3-9-15(10-4-1)18(17-13-7-8-14-17)16-11-5-2-6-12-16;/h2-15,20H,1H3;1-14H;. The van der Waals surface area contributed by atoms with Crippen LogP contribution in [0.25, 0.3) is 0 Å². The van der Waals surface area contributed by atoms with E-state index in [2.05, 4.69) is 128 Å². The molecule has 0 aliphatic carbocycles. The number of hydrogen-bond acceptors (Lipinski definition) is 1. The van der Waals surface area contributed by atoms with Gasteiger partial charge in [-0.25, -0.2) is 0 Å². The third kappa shape index (κ3) is 0.485. The summed E-state index contributed by atoms with van der Waals surface area (Å²) in [6.45, 7) is -2.09. The molecule has 40 heavy (non-hydrogen) atoms. The van der Waals surface area contributed by atoms with E-state index in [-0.39, 0.29) is 6.10 Å². The molecule has 10 fully saturated rings. The van der Waals surface area contributed by atoms with Crippen molar-refractivity contribution in [2.45, 2.75) is 59.2 Å². The minimum atomic E-state index is -4.37. The van der Waals surface area contributed by atoms with Crippen molar-refractivity contribution in [3.63, 3.8) is 0 Å². The Kier molecular flexibility index (Phi) is 1.62. The molecule has 10 aliphatic rings. The van der Waals surface area contributed by atoms with E-state index in [1.165, 1.54) is 0 Å². The van der Waals surface area contributed by atoms with Gasteiger partial charge >= 0.3 is 229 Å². The molecule has 14 rings (SSSR count). The Balaban J connectivity index is 1.15. The van der Waals surface area contributed by atoms with E-state index in [4.69, 9.17) is 0 Å². The maximum atomic E-state index is 12.3. The van der Waals surface area contributed by atoms with Crippen LogP contribution >= 0.6 is 15.8 Å². The van der Waals surface area contributed by atoms with E-state index in [1.54, 1.807) is 21.2 Å². The molecule has 1 N–H and O–H groups in total. The van der Waals surface area contributed by atoms with Crippen molar-refractivity contribution in [3.05, 3.63) is 121 Å². The zero-order valence-electron chi connectivity index (χ0n) is 22.4. The van der Waals surface area contributed by atoms with E-state index in [0.29, 0.717) is 12.4 Å². The summed E-state index contributed by atoms with van der Waals surface area (Å²) in [5.41, 5.74) is 0. The van der Waals surface area contributed by atoms with Crippen molar-refractivity contribution < 1.29 is 11.6 Å². The zero-order valence-corrected chi connectivity index (χ0v) is 25.3. The van der Waals surface area contributed by atoms with Gasteiger partial charge in [0.1, 0.15) is 0 Å². The molecule has 10 heterocycles. The molecule has 0 amide bonds. The average Bonchev–Trinajstić information content (AvgIpc) is 3.96. The number of fused-ring (bicyclic) bond motifs is 10. The summed E-state index contributed by atoms with van der Waals surface area (Å²) < 4.78 is 1.38. The van der Waals surface area contributed by atoms with Crippen LogP contribution < -0.4 is 21.2 Å². The fraction of sp³-hybridized carbons (Fsp3) is 0.333. The first-order valence-electron chi connectivity index (χ1n) is 15.1. The average molecular weight is 598 g/mol. The van der Waals surface area contributed by atoms with Gasteiger partial charge in [0.25, 0.3) is 0 Å². The van der Waals surface area contributed by atoms with Crippen LogP contribution in [0.1, 0.15) is 6.92 Å². The van der Waals surface area contributed by atoms with Crippen LogP contribution in [-0.4, -0.2) is 19.3 Å². The molecule has 0 saturated carbocycles. The van der Waals surface area contributed by atoms with Crippen LogP contribution in [-0.2, 0) is 6.51 Å². The molecule has 10 saturated heterocycles. The molecule has 0 radical (unpaired) electrons. The number of aliphatic hydroxyl groups is 1. The van der Waals surface area contributed by atoms with Gasteiger partial charge in [0.15, 0.2) is 0 Å². The predicted molar refractivity (Wildman–Crippen MR) is 164 cm³/mol. The van der Waals surface area contributed by atoms with Gasteiger partial charge in [-0.1, -0.05) is 0 Å². The van der Waals surface area contributed by atoms with Gasteiger partial charge in [0, 0.05) is 0 Å². The van der Waals surface area contributed by atoms with Gasteiger partial charge in [-0.05, 0) is 0 Å². The summed E-state index contributed by atoms with van der Waals surface area (Å²) in [4.78, 5) is 7.35. The fourth-order valence-electron chi connectivity index (χ4n) is 22.7. The first kappa shape index (κ1) is 20.2. The van der Waals surface area contributed by atoms with Crippen LogP contribution in [0.3, 0.4) is 0 Å². The Labute approximate surface area is 228 Å². The third-order valence-corrected chi connectivity index (χ3v) is 77.7. The van der Waals surface area contributed by atoms with Gasteiger partial charge in [-0.2, -0.15) is 0 Å². The topological polar surface area (TPSA) is 20.2 Å². The van der Waals surface area contributed by atoms with E-state index in [9.17, 15) is 5.11 Å². The summed E-state index contributed by atoms with van der Waals surface area (Å²) in [6.07, 6.45) is -0.130. The number of aliphatic hydroxyl groups excluding tert-OH is 1. The summed E-state index contributed by atoms with van der Waals surface area (Å²) in [5.74, 6) is 0. The predicted octanol–water partition coefficient (Wildman–Crippen LogP) is 7.21. The number of rotatable bonds is 7. The molecule has 4 aromatic rings. The van der Waals surface area contributed by atoms with Crippen molar-refractivity contribution >= 4 is 37.1 Å². The second kappa shape index (κ2) is 3.22. The molecule has 9 unspecified atom stereocenters. The maximum absolute atomic E-state index is 12.3. The van der Waals surface area contributed by atoms with Crippen molar-refractivity contribution in [2.75, 3.05) is 0 Å². The summed E-state index contributed by atoms with van der Waals surface area (Å²) in [7, 11) is -0.913. The van der Waals surface area contributed by atoms with Crippen molar-refractivity contribution in [1.29, 1.82) is 0 Å². The van der Waals surface area contributed by atoms with Crippen LogP contribution in [0.4, 0.5) is 0 Å². The quantitative estimate of drug-likeness (QED) is 0.176. The Morgan fingerprint density at radius 2 is 0.950 bits per heavy atom. The van der Waals surface area contributed by atoms with Gasteiger partial charge in [-0.3, -0.25) is 0 Å². The first-order valence-corrected chi connectivity index (χ1v) is 23.9. The van der Waals surface area contributed by atoms with Gasteiger partial charge < -0.3 is 0 Å². The molecule has 200 valence electrons. The molecular formula is C36H32FeOP2. The molecule has 1 spiro atoms. The Morgan fingerprint density at radius 3 is 1.30 bits per heavy atom. The minimum absolute atomic E-state index is 0.130. The number of benzene rings is 4. The van der Waals surface area contributed by atoms with Crippen LogP contribution in [0.2, 0.25) is 38.0 Å². The van der Waals surface area contributed by atoms with E-state index < -0.39 is 22.4 Å². The SMILES string of the molecule is CC(O)[C@]12[CH]3[CH]4[CH]5[C]1(P(c1ccccc1)c1ccccc1)[Fe]45321678[CH]2[CH]1[CH]6[C]7(P(c1ccccc1)c1ccccc1)[CH]28.